The van der Waals surface area contributed by atoms with Crippen molar-refractivity contribution in [2.75, 3.05) is 23.0 Å². The maximum atomic E-state index is 12.8. The fraction of sp³-hybridized carbons (Fsp3) is 0.211. The number of ether oxygens (including phenoxy) is 1. The van der Waals surface area contributed by atoms with Crippen LogP contribution in [-0.4, -0.2) is 38.6 Å². The summed E-state index contributed by atoms with van der Waals surface area (Å²) in [6, 6.07) is 10.5. The van der Waals surface area contributed by atoms with Gasteiger partial charge in [0.15, 0.2) is 16.4 Å². The van der Waals surface area contributed by atoms with E-state index in [1.54, 1.807) is 0 Å². The molecule has 0 saturated heterocycles. The zero-order valence-electron chi connectivity index (χ0n) is 15.5. The maximum Gasteiger partial charge on any atom is 0.307 e. The summed E-state index contributed by atoms with van der Waals surface area (Å²) in [4.78, 5) is 34.4. The van der Waals surface area contributed by atoms with E-state index in [2.05, 4.69) is 10.6 Å². The van der Waals surface area contributed by atoms with Crippen LogP contribution in [0.5, 0.6) is 0 Å². The number of halogens is 1. The molecule has 0 radical (unpaired) electrons. The van der Waals surface area contributed by atoms with Gasteiger partial charge in [-0.25, -0.2) is 12.8 Å². The SMILES string of the molecule is CC(=O)Nc1ccc(S(=O)(=O)CCC(=O)OCC(=O)Nc2ccc(F)cc2)cc1. The molecule has 0 fully saturated rings. The zero-order valence-corrected chi connectivity index (χ0v) is 16.3. The van der Waals surface area contributed by atoms with E-state index in [-0.39, 0.29) is 10.8 Å². The van der Waals surface area contributed by atoms with Gasteiger partial charge in [-0.1, -0.05) is 0 Å². The normalized spacial score (nSPS) is 10.8. The highest BCUT2D eigenvalue weighted by Gasteiger charge is 2.18. The van der Waals surface area contributed by atoms with Gasteiger partial charge in [0.2, 0.25) is 5.91 Å². The number of esters is 1. The average Bonchev–Trinajstić information content (AvgIpc) is 2.66. The molecule has 0 aliphatic rings. The van der Waals surface area contributed by atoms with Crippen molar-refractivity contribution >= 4 is 39.0 Å². The van der Waals surface area contributed by atoms with Crippen molar-refractivity contribution in [3.05, 3.63) is 54.3 Å². The summed E-state index contributed by atoms with van der Waals surface area (Å²) in [5, 5.41) is 4.93. The van der Waals surface area contributed by atoms with Gasteiger partial charge in [-0.2, -0.15) is 0 Å². The Balaban J connectivity index is 1.80. The Morgan fingerprint density at radius 3 is 2.07 bits per heavy atom. The number of rotatable bonds is 8. The van der Waals surface area contributed by atoms with Crippen molar-refractivity contribution in [3.63, 3.8) is 0 Å². The van der Waals surface area contributed by atoms with Gasteiger partial charge in [-0.15, -0.1) is 0 Å². The minimum absolute atomic E-state index is 0.00606. The molecule has 0 unspecified atom stereocenters. The minimum Gasteiger partial charge on any atom is -0.456 e. The van der Waals surface area contributed by atoms with Crippen molar-refractivity contribution in [1.82, 2.24) is 0 Å². The van der Waals surface area contributed by atoms with Crippen molar-refractivity contribution in [2.45, 2.75) is 18.2 Å². The smallest absolute Gasteiger partial charge is 0.307 e. The van der Waals surface area contributed by atoms with Gasteiger partial charge >= 0.3 is 5.97 Å². The van der Waals surface area contributed by atoms with Gasteiger partial charge in [0, 0.05) is 18.3 Å². The number of amides is 2. The molecule has 8 nitrogen and oxygen atoms in total. The molecular formula is C19H19FN2O6S. The Morgan fingerprint density at radius 2 is 1.48 bits per heavy atom. The van der Waals surface area contributed by atoms with Gasteiger partial charge in [0.05, 0.1) is 17.1 Å². The molecule has 2 rings (SSSR count). The number of carbonyl (C=O) groups is 3. The van der Waals surface area contributed by atoms with Crippen LogP contribution in [0.1, 0.15) is 13.3 Å². The number of hydrogen-bond donors (Lipinski definition) is 2. The van der Waals surface area contributed by atoms with Gasteiger partial charge in [0.25, 0.3) is 5.91 Å². The molecule has 2 aromatic rings. The molecule has 0 aromatic heterocycles. The average molecular weight is 422 g/mol. The molecule has 0 atom stereocenters. The van der Waals surface area contributed by atoms with Crippen LogP contribution in [0.25, 0.3) is 0 Å². The number of sulfone groups is 1. The second kappa shape index (κ2) is 9.78. The molecule has 10 heteroatoms. The van der Waals surface area contributed by atoms with Crippen LogP contribution in [0.15, 0.2) is 53.4 Å². The molecule has 0 bridgehead atoms. The fourth-order valence-electron chi connectivity index (χ4n) is 2.23. The van der Waals surface area contributed by atoms with E-state index in [0.717, 1.165) is 12.1 Å². The molecule has 0 aliphatic carbocycles. The molecule has 0 aliphatic heterocycles. The predicted octanol–water partition coefficient (Wildman–Crippen LogP) is 2.13. The summed E-state index contributed by atoms with van der Waals surface area (Å²) in [5.74, 6) is -2.73. The highest BCUT2D eigenvalue weighted by molar-refractivity contribution is 7.91. The van der Waals surface area contributed by atoms with E-state index >= 15 is 0 Å². The minimum atomic E-state index is -3.74. The van der Waals surface area contributed by atoms with Gasteiger partial charge < -0.3 is 15.4 Å². The second-order valence-corrected chi connectivity index (χ2v) is 8.10. The lowest BCUT2D eigenvalue weighted by molar-refractivity contribution is -0.146. The molecule has 0 saturated carbocycles. The van der Waals surface area contributed by atoms with E-state index in [1.807, 2.05) is 0 Å². The highest BCUT2D eigenvalue weighted by atomic mass is 32.2. The molecule has 2 aromatic carbocycles. The lowest BCUT2D eigenvalue weighted by Crippen LogP contribution is -2.22. The zero-order chi connectivity index (χ0) is 21.4. The first-order chi connectivity index (χ1) is 13.7. The van der Waals surface area contributed by atoms with Gasteiger partial charge in [-0.3, -0.25) is 14.4 Å². The summed E-state index contributed by atoms with van der Waals surface area (Å²) in [6.45, 7) is 0.734. The number of nitrogens with one attached hydrogen (secondary N) is 2. The third-order valence-electron chi connectivity index (χ3n) is 3.60. The van der Waals surface area contributed by atoms with Crippen LogP contribution in [0.3, 0.4) is 0 Å². The summed E-state index contributed by atoms with van der Waals surface area (Å²) in [5.41, 5.74) is 0.778. The number of carbonyl (C=O) groups excluding carboxylic acids is 3. The highest BCUT2D eigenvalue weighted by Crippen LogP contribution is 2.16. The van der Waals surface area contributed by atoms with E-state index in [1.165, 1.54) is 43.3 Å². The van der Waals surface area contributed by atoms with Gasteiger partial charge in [-0.05, 0) is 48.5 Å². The topological polar surface area (TPSA) is 119 Å². The molecule has 29 heavy (non-hydrogen) atoms. The lowest BCUT2D eigenvalue weighted by Gasteiger charge is -2.08. The van der Waals surface area contributed by atoms with Crippen LogP contribution in [0.2, 0.25) is 0 Å². The molecule has 2 amide bonds. The number of anilines is 2. The Morgan fingerprint density at radius 1 is 0.931 bits per heavy atom. The Kier molecular flexibility index (Phi) is 7.43. The third kappa shape index (κ3) is 7.34. The van der Waals surface area contributed by atoms with E-state index in [0.29, 0.717) is 11.4 Å². The Bertz CT molecular complexity index is 988. The molecule has 154 valence electrons. The summed E-state index contributed by atoms with van der Waals surface area (Å²) >= 11 is 0. The second-order valence-electron chi connectivity index (χ2n) is 5.99. The Labute approximate surface area is 167 Å². The Hall–Kier alpha value is -3.27. The summed E-state index contributed by atoms with van der Waals surface area (Å²) < 4.78 is 42.1. The van der Waals surface area contributed by atoms with Crippen molar-refractivity contribution in [3.8, 4) is 0 Å². The van der Waals surface area contributed by atoms with E-state index in [4.69, 9.17) is 4.74 Å². The van der Waals surface area contributed by atoms with E-state index < -0.39 is 46.3 Å². The first-order valence-corrected chi connectivity index (χ1v) is 10.1. The third-order valence-corrected chi connectivity index (χ3v) is 5.33. The lowest BCUT2D eigenvalue weighted by atomic mass is 10.3. The molecular weight excluding hydrogens is 403 g/mol. The molecule has 0 spiro atoms. The maximum absolute atomic E-state index is 12.8. The van der Waals surface area contributed by atoms with Crippen LogP contribution in [-0.2, 0) is 29.0 Å². The first-order valence-electron chi connectivity index (χ1n) is 8.47. The number of hydrogen-bond acceptors (Lipinski definition) is 6. The first kappa shape index (κ1) is 22.0. The molecule has 2 N–H and O–H groups in total. The van der Waals surface area contributed by atoms with Crippen molar-refractivity contribution in [1.29, 1.82) is 0 Å². The standard InChI is InChI=1S/C19H19FN2O6S/c1-13(23)21-15-6-8-17(9-7-15)29(26,27)11-10-19(25)28-12-18(24)22-16-4-2-14(20)3-5-16/h2-9H,10-12H2,1H3,(H,21,23)(H,22,24). The predicted molar refractivity (Wildman–Crippen MR) is 103 cm³/mol. The van der Waals surface area contributed by atoms with Crippen LogP contribution in [0, 0.1) is 5.82 Å². The number of benzene rings is 2. The molecule has 0 heterocycles. The summed E-state index contributed by atoms with van der Waals surface area (Å²) in [6.07, 6.45) is -0.431. The van der Waals surface area contributed by atoms with Crippen LogP contribution >= 0.6 is 0 Å². The van der Waals surface area contributed by atoms with Crippen LogP contribution < -0.4 is 10.6 Å². The van der Waals surface area contributed by atoms with Gasteiger partial charge in [0.1, 0.15) is 5.82 Å². The monoisotopic (exact) mass is 422 g/mol. The quantitative estimate of drug-likeness (QED) is 0.629. The van der Waals surface area contributed by atoms with E-state index in [9.17, 15) is 27.2 Å². The fourth-order valence-corrected chi connectivity index (χ4v) is 3.45. The van der Waals surface area contributed by atoms with Crippen LogP contribution in [0.4, 0.5) is 15.8 Å². The van der Waals surface area contributed by atoms with Crippen molar-refractivity contribution in [2.24, 2.45) is 0 Å². The summed E-state index contributed by atoms with van der Waals surface area (Å²) in [7, 11) is -3.74. The largest absolute Gasteiger partial charge is 0.456 e. The van der Waals surface area contributed by atoms with Crippen molar-refractivity contribution < 1.29 is 31.9 Å².